The molecule has 2 N–H and O–H groups in total. The van der Waals surface area contributed by atoms with E-state index in [2.05, 4.69) is 16.7 Å². The van der Waals surface area contributed by atoms with Crippen molar-refractivity contribution in [3.63, 3.8) is 0 Å². The Bertz CT molecular complexity index is 834. The summed E-state index contributed by atoms with van der Waals surface area (Å²) in [6, 6.07) is 11.3. The van der Waals surface area contributed by atoms with Gasteiger partial charge in [0.1, 0.15) is 5.75 Å². The molecular weight excluding hydrogens is 377 g/mol. The summed E-state index contributed by atoms with van der Waals surface area (Å²) < 4.78 is 18.7. The molecule has 0 saturated heterocycles. The van der Waals surface area contributed by atoms with E-state index in [0.29, 0.717) is 6.54 Å². The highest BCUT2D eigenvalue weighted by Gasteiger charge is 2.20. The van der Waals surface area contributed by atoms with Gasteiger partial charge in [0.2, 0.25) is 5.82 Å². The molecule has 0 spiro atoms. The molecule has 0 fully saturated rings. The minimum absolute atomic E-state index is 0. The summed E-state index contributed by atoms with van der Waals surface area (Å²) in [6.45, 7) is 0.954. The van der Waals surface area contributed by atoms with Crippen molar-refractivity contribution in [1.82, 2.24) is 10.6 Å². The van der Waals surface area contributed by atoms with Gasteiger partial charge in [-0.15, -0.1) is 12.4 Å². The van der Waals surface area contributed by atoms with Crippen molar-refractivity contribution in [2.45, 2.75) is 12.5 Å². The molecule has 27 heavy (non-hydrogen) atoms. The molecule has 1 amide bonds. The molecule has 0 aromatic heterocycles. The topological polar surface area (TPSA) is 93.5 Å². The Balaban J connectivity index is 0.00000261. The van der Waals surface area contributed by atoms with Crippen LogP contribution in [0.2, 0.25) is 0 Å². The molecule has 0 saturated carbocycles. The molecule has 1 aliphatic heterocycles. The van der Waals surface area contributed by atoms with Crippen LogP contribution < -0.4 is 15.4 Å². The molecule has 1 heterocycles. The number of halogens is 2. The predicted octanol–water partition coefficient (Wildman–Crippen LogP) is 2.54. The van der Waals surface area contributed by atoms with Crippen LogP contribution in [0.15, 0.2) is 42.5 Å². The van der Waals surface area contributed by atoms with Crippen LogP contribution >= 0.6 is 12.4 Å². The molecular formula is C18H19ClFN3O4. The Morgan fingerprint density at radius 3 is 2.85 bits per heavy atom. The van der Waals surface area contributed by atoms with Gasteiger partial charge in [0.25, 0.3) is 5.91 Å². The molecule has 9 heteroatoms. The van der Waals surface area contributed by atoms with E-state index in [1.165, 1.54) is 11.6 Å². The predicted molar refractivity (Wildman–Crippen MR) is 99.7 cm³/mol. The van der Waals surface area contributed by atoms with Crippen molar-refractivity contribution in [3.8, 4) is 5.75 Å². The van der Waals surface area contributed by atoms with Gasteiger partial charge >= 0.3 is 5.69 Å². The lowest BCUT2D eigenvalue weighted by Crippen LogP contribution is -2.40. The number of ether oxygens (including phenoxy) is 1. The molecule has 1 unspecified atom stereocenters. The molecule has 1 aliphatic rings. The summed E-state index contributed by atoms with van der Waals surface area (Å²) in [4.78, 5) is 21.7. The van der Waals surface area contributed by atoms with E-state index < -0.39 is 16.4 Å². The van der Waals surface area contributed by atoms with Crippen LogP contribution in [0.3, 0.4) is 0 Å². The number of amides is 1. The Morgan fingerprint density at radius 1 is 1.33 bits per heavy atom. The number of nitrogens with zero attached hydrogens (tertiary/aromatic N) is 1. The van der Waals surface area contributed by atoms with Crippen LogP contribution in [-0.2, 0) is 11.2 Å². The lowest BCUT2D eigenvalue weighted by atomic mass is 9.94. The number of benzene rings is 2. The molecule has 1 atom stereocenters. The number of nitro benzene ring substituents is 1. The maximum atomic E-state index is 13.5. The van der Waals surface area contributed by atoms with E-state index in [0.717, 1.165) is 30.7 Å². The fourth-order valence-corrected chi connectivity index (χ4v) is 2.92. The highest BCUT2D eigenvalue weighted by molar-refractivity contribution is 5.85. The lowest BCUT2D eigenvalue weighted by Gasteiger charge is -2.27. The Morgan fingerprint density at radius 2 is 2.11 bits per heavy atom. The van der Waals surface area contributed by atoms with Crippen LogP contribution in [0, 0.1) is 15.9 Å². The van der Waals surface area contributed by atoms with Gasteiger partial charge < -0.3 is 15.4 Å². The first-order valence-corrected chi connectivity index (χ1v) is 8.19. The van der Waals surface area contributed by atoms with Crippen molar-refractivity contribution in [3.05, 3.63) is 69.5 Å². The second kappa shape index (κ2) is 9.29. The van der Waals surface area contributed by atoms with Crippen LogP contribution in [0.5, 0.6) is 5.75 Å². The van der Waals surface area contributed by atoms with Gasteiger partial charge in [0.05, 0.1) is 4.92 Å². The molecule has 3 rings (SSSR count). The third kappa shape index (κ3) is 5.15. The van der Waals surface area contributed by atoms with Gasteiger partial charge in [-0.25, -0.2) is 0 Å². The van der Waals surface area contributed by atoms with Gasteiger partial charge in [-0.3, -0.25) is 14.9 Å². The van der Waals surface area contributed by atoms with Crippen molar-refractivity contribution >= 4 is 24.0 Å². The van der Waals surface area contributed by atoms with E-state index >= 15 is 0 Å². The molecule has 0 radical (unpaired) electrons. The number of carbonyl (C=O) groups is 1. The number of carbonyl (C=O) groups excluding carboxylic acids is 1. The molecule has 2 aromatic carbocycles. The zero-order valence-electron chi connectivity index (χ0n) is 14.3. The Kier molecular flexibility index (Phi) is 7.09. The maximum Gasteiger partial charge on any atom is 0.305 e. The molecule has 7 nitrogen and oxygen atoms in total. The summed E-state index contributed by atoms with van der Waals surface area (Å²) in [5, 5.41) is 16.7. The average molecular weight is 396 g/mol. The molecule has 144 valence electrons. The molecule has 0 bridgehead atoms. The third-order valence-electron chi connectivity index (χ3n) is 4.20. The summed E-state index contributed by atoms with van der Waals surface area (Å²) in [5.41, 5.74) is 1.80. The average Bonchev–Trinajstić information content (AvgIpc) is 2.64. The second-order valence-electron chi connectivity index (χ2n) is 5.92. The first-order chi connectivity index (χ1) is 12.5. The fraction of sp³-hybridized carbons (Fsp3) is 0.278. The third-order valence-corrected chi connectivity index (χ3v) is 4.20. The van der Waals surface area contributed by atoms with Crippen molar-refractivity contribution in [2.24, 2.45) is 0 Å². The lowest BCUT2D eigenvalue weighted by molar-refractivity contribution is -0.387. The van der Waals surface area contributed by atoms with Gasteiger partial charge in [0, 0.05) is 24.7 Å². The van der Waals surface area contributed by atoms with E-state index in [-0.39, 0.29) is 36.7 Å². The monoisotopic (exact) mass is 395 g/mol. The van der Waals surface area contributed by atoms with Crippen LogP contribution in [0.1, 0.15) is 17.2 Å². The summed E-state index contributed by atoms with van der Waals surface area (Å²) in [7, 11) is 0. The highest BCUT2D eigenvalue weighted by Crippen LogP contribution is 2.23. The first kappa shape index (κ1) is 20.6. The number of nitrogens with one attached hydrogen (secondary N) is 2. The van der Waals surface area contributed by atoms with Gasteiger partial charge in [-0.05, 0) is 30.2 Å². The van der Waals surface area contributed by atoms with Crippen LogP contribution in [0.25, 0.3) is 0 Å². The number of nitro groups is 1. The molecule has 0 aliphatic carbocycles. The van der Waals surface area contributed by atoms with Crippen LogP contribution in [0.4, 0.5) is 10.1 Å². The minimum Gasteiger partial charge on any atom is -0.484 e. The largest absolute Gasteiger partial charge is 0.484 e. The fourth-order valence-electron chi connectivity index (χ4n) is 2.92. The van der Waals surface area contributed by atoms with Crippen molar-refractivity contribution < 1.29 is 18.8 Å². The van der Waals surface area contributed by atoms with Crippen molar-refractivity contribution in [1.29, 1.82) is 0 Å². The zero-order valence-corrected chi connectivity index (χ0v) is 15.1. The van der Waals surface area contributed by atoms with Gasteiger partial charge in [0.15, 0.2) is 6.61 Å². The smallest absolute Gasteiger partial charge is 0.305 e. The normalized spacial score (nSPS) is 15.2. The first-order valence-electron chi connectivity index (χ1n) is 8.19. The summed E-state index contributed by atoms with van der Waals surface area (Å²) in [5.74, 6) is -1.30. The molecule has 2 aromatic rings. The number of hydrogen-bond acceptors (Lipinski definition) is 5. The maximum absolute atomic E-state index is 13.5. The SMILES string of the molecule is Cl.O=C(COc1ccc([N+](=O)[O-])c(F)c1)NCC1NCCc2ccccc21. The van der Waals surface area contributed by atoms with Gasteiger partial charge in [-0.2, -0.15) is 4.39 Å². The summed E-state index contributed by atoms with van der Waals surface area (Å²) in [6.07, 6.45) is 0.954. The van der Waals surface area contributed by atoms with E-state index in [1.54, 1.807) is 0 Å². The standard InChI is InChI=1S/C18H18FN3O4.ClH/c19-15-9-13(5-6-17(15)22(24)25)26-11-18(23)21-10-16-14-4-2-1-3-12(14)7-8-20-16;/h1-6,9,16,20H,7-8,10-11H2,(H,21,23);1H. The number of hydrogen-bond donors (Lipinski definition) is 2. The quantitative estimate of drug-likeness (QED) is 0.579. The number of rotatable bonds is 6. The summed E-state index contributed by atoms with van der Waals surface area (Å²) >= 11 is 0. The van der Waals surface area contributed by atoms with E-state index in [4.69, 9.17) is 4.74 Å². The minimum atomic E-state index is -1.00. The van der Waals surface area contributed by atoms with E-state index in [1.807, 2.05) is 18.2 Å². The zero-order chi connectivity index (χ0) is 18.5. The van der Waals surface area contributed by atoms with Gasteiger partial charge in [-0.1, -0.05) is 24.3 Å². The number of fused-ring (bicyclic) bond motifs is 1. The Labute approximate surface area is 161 Å². The van der Waals surface area contributed by atoms with Crippen LogP contribution in [-0.4, -0.2) is 30.5 Å². The van der Waals surface area contributed by atoms with Crippen molar-refractivity contribution in [2.75, 3.05) is 19.7 Å². The van der Waals surface area contributed by atoms with E-state index in [9.17, 15) is 19.3 Å². The Hall–Kier alpha value is -2.71. The highest BCUT2D eigenvalue weighted by atomic mass is 35.5. The second-order valence-corrected chi connectivity index (χ2v) is 5.92.